The highest BCUT2D eigenvalue weighted by Gasteiger charge is 2.54. The number of hydrogen-bond donors (Lipinski definition) is 0. The van der Waals surface area contributed by atoms with Crippen molar-refractivity contribution in [2.24, 2.45) is 34.5 Å². The van der Waals surface area contributed by atoms with Gasteiger partial charge in [-0.1, -0.05) is 52.7 Å². The second kappa shape index (κ2) is 4.89. The van der Waals surface area contributed by atoms with Crippen LogP contribution in [0.3, 0.4) is 0 Å². The van der Waals surface area contributed by atoms with Gasteiger partial charge >= 0.3 is 0 Å². The van der Waals surface area contributed by atoms with Crippen LogP contribution in [-0.2, 0) is 0 Å². The molecule has 4 atom stereocenters. The molecular weight excluding hydrogens is 240 g/mol. The van der Waals surface area contributed by atoms with E-state index in [2.05, 4.69) is 40.7 Å². The van der Waals surface area contributed by atoms with Crippen molar-refractivity contribution in [2.75, 3.05) is 0 Å². The van der Waals surface area contributed by atoms with Gasteiger partial charge in [-0.15, -0.1) is 0 Å². The lowest BCUT2D eigenvalue weighted by Crippen LogP contribution is -2.52. The summed E-state index contributed by atoms with van der Waals surface area (Å²) in [6, 6.07) is 0. The van der Waals surface area contributed by atoms with E-state index in [1.807, 2.05) is 0 Å². The third kappa shape index (κ3) is 2.18. The van der Waals surface area contributed by atoms with E-state index in [-0.39, 0.29) is 0 Å². The van der Waals surface area contributed by atoms with Crippen LogP contribution in [0.15, 0.2) is 11.6 Å². The number of rotatable bonds is 1. The van der Waals surface area contributed by atoms with Crippen molar-refractivity contribution < 1.29 is 0 Å². The summed E-state index contributed by atoms with van der Waals surface area (Å²) >= 11 is 0. The van der Waals surface area contributed by atoms with Crippen molar-refractivity contribution in [1.82, 2.24) is 0 Å². The summed E-state index contributed by atoms with van der Waals surface area (Å²) in [4.78, 5) is 0. The predicted octanol–water partition coefficient (Wildman–Crippen LogP) is 6.22. The van der Waals surface area contributed by atoms with Crippen LogP contribution < -0.4 is 0 Å². The normalized spacial score (nSPS) is 43.7. The molecule has 0 saturated heterocycles. The number of hydrogen-bond acceptors (Lipinski definition) is 0. The van der Waals surface area contributed by atoms with Crippen LogP contribution in [0.5, 0.6) is 0 Å². The van der Waals surface area contributed by atoms with Gasteiger partial charge in [0.05, 0.1) is 0 Å². The fourth-order valence-corrected chi connectivity index (χ4v) is 6.29. The van der Waals surface area contributed by atoms with E-state index in [9.17, 15) is 0 Å². The van der Waals surface area contributed by atoms with Gasteiger partial charge in [0.25, 0.3) is 0 Å². The van der Waals surface area contributed by atoms with Crippen LogP contribution in [0.4, 0.5) is 0 Å². The Balaban J connectivity index is 1.88. The van der Waals surface area contributed by atoms with E-state index in [4.69, 9.17) is 0 Å². The first-order chi connectivity index (χ1) is 9.34. The first kappa shape index (κ1) is 14.7. The van der Waals surface area contributed by atoms with Crippen molar-refractivity contribution in [3.63, 3.8) is 0 Å². The van der Waals surface area contributed by atoms with E-state index in [0.29, 0.717) is 10.8 Å². The average Bonchev–Trinajstić information content (AvgIpc) is 2.37. The Morgan fingerprint density at radius 2 is 1.85 bits per heavy atom. The first-order valence-electron chi connectivity index (χ1n) is 9.03. The topological polar surface area (TPSA) is 0 Å². The van der Waals surface area contributed by atoms with E-state index in [1.165, 1.54) is 44.9 Å². The molecule has 0 spiro atoms. The second-order valence-corrected chi connectivity index (χ2v) is 9.22. The lowest BCUT2D eigenvalue weighted by Gasteiger charge is -2.60. The maximum absolute atomic E-state index is 2.66. The highest BCUT2D eigenvalue weighted by atomic mass is 14.6. The van der Waals surface area contributed by atoms with Gasteiger partial charge in [-0.25, -0.2) is 0 Å². The monoisotopic (exact) mass is 274 g/mol. The van der Waals surface area contributed by atoms with Crippen LogP contribution in [-0.4, -0.2) is 0 Å². The van der Waals surface area contributed by atoms with Crippen molar-refractivity contribution in [2.45, 2.75) is 79.6 Å². The molecule has 0 heterocycles. The molecule has 0 unspecified atom stereocenters. The molecule has 0 heteroatoms. The highest BCUT2D eigenvalue weighted by Crippen LogP contribution is 2.63. The third-order valence-electron chi connectivity index (χ3n) is 7.39. The Hall–Kier alpha value is -0.260. The SMILES string of the molecule is CC(C)C1=CC[C@H]2[C@@H](CC[C@H]3C(C)(C)CCC[C@]23C)C1. The zero-order valence-corrected chi connectivity index (χ0v) is 14.3. The van der Waals surface area contributed by atoms with E-state index < -0.39 is 0 Å². The van der Waals surface area contributed by atoms with Gasteiger partial charge in [-0.05, 0) is 73.0 Å². The molecule has 0 aliphatic heterocycles. The molecule has 0 amide bonds. The second-order valence-electron chi connectivity index (χ2n) is 9.22. The quantitative estimate of drug-likeness (QED) is 0.498. The van der Waals surface area contributed by atoms with Gasteiger partial charge < -0.3 is 0 Å². The molecule has 114 valence electrons. The van der Waals surface area contributed by atoms with Crippen molar-refractivity contribution in [3.05, 3.63) is 11.6 Å². The largest absolute Gasteiger partial charge is 0.0848 e. The lowest BCUT2D eigenvalue weighted by molar-refractivity contribution is -0.0981. The van der Waals surface area contributed by atoms with Crippen LogP contribution in [0.2, 0.25) is 0 Å². The lowest BCUT2D eigenvalue weighted by atomic mass is 9.45. The molecule has 0 nitrogen and oxygen atoms in total. The Bertz CT molecular complexity index is 400. The first-order valence-corrected chi connectivity index (χ1v) is 9.03. The molecule has 3 rings (SSSR count). The average molecular weight is 274 g/mol. The summed E-state index contributed by atoms with van der Waals surface area (Å²) in [5, 5.41) is 0. The van der Waals surface area contributed by atoms with Crippen molar-refractivity contribution >= 4 is 0 Å². The minimum atomic E-state index is 0.583. The summed E-state index contributed by atoms with van der Waals surface area (Å²) in [6.07, 6.45) is 12.8. The van der Waals surface area contributed by atoms with E-state index >= 15 is 0 Å². The molecule has 0 aromatic rings. The molecular formula is C20H34. The van der Waals surface area contributed by atoms with Gasteiger partial charge in [0.1, 0.15) is 0 Å². The van der Waals surface area contributed by atoms with Gasteiger partial charge in [0.2, 0.25) is 0 Å². The Morgan fingerprint density at radius 1 is 1.10 bits per heavy atom. The summed E-state index contributed by atoms with van der Waals surface area (Å²) in [5.41, 5.74) is 2.97. The molecule has 3 aliphatic carbocycles. The number of allylic oxidation sites excluding steroid dienone is 2. The third-order valence-corrected chi connectivity index (χ3v) is 7.39. The van der Waals surface area contributed by atoms with Crippen LogP contribution in [0.1, 0.15) is 79.6 Å². The van der Waals surface area contributed by atoms with Crippen molar-refractivity contribution in [3.8, 4) is 0 Å². The zero-order chi connectivity index (χ0) is 14.5. The summed E-state index contributed by atoms with van der Waals surface area (Å²) in [7, 11) is 0. The van der Waals surface area contributed by atoms with E-state index in [1.54, 1.807) is 5.57 Å². The zero-order valence-electron chi connectivity index (χ0n) is 14.3. The molecule has 0 aromatic carbocycles. The fraction of sp³-hybridized carbons (Fsp3) is 0.900. The maximum atomic E-state index is 2.66. The molecule has 2 fully saturated rings. The molecule has 0 radical (unpaired) electrons. The molecule has 20 heavy (non-hydrogen) atoms. The maximum Gasteiger partial charge on any atom is -0.0258 e. The summed E-state index contributed by atoms with van der Waals surface area (Å²) < 4.78 is 0. The van der Waals surface area contributed by atoms with Gasteiger partial charge in [-0.3, -0.25) is 0 Å². The summed E-state index contributed by atoms with van der Waals surface area (Å²) in [6.45, 7) is 12.5. The van der Waals surface area contributed by atoms with Crippen LogP contribution >= 0.6 is 0 Å². The Kier molecular flexibility index (Phi) is 3.58. The molecule has 0 bridgehead atoms. The smallest absolute Gasteiger partial charge is 0.0258 e. The molecule has 0 N–H and O–H groups in total. The molecule has 0 aromatic heterocycles. The minimum absolute atomic E-state index is 0.583. The van der Waals surface area contributed by atoms with Crippen LogP contribution in [0.25, 0.3) is 0 Å². The van der Waals surface area contributed by atoms with E-state index in [0.717, 1.165) is 23.7 Å². The highest BCUT2D eigenvalue weighted by molar-refractivity contribution is 5.15. The summed E-state index contributed by atoms with van der Waals surface area (Å²) in [5.74, 6) is 3.71. The minimum Gasteiger partial charge on any atom is -0.0848 e. The van der Waals surface area contributed by atoms with Gasteiger partial charge in [-0.2, -0.15) is 0 Å². The standard InChI is InChI=1S/C20H34/c1-14(2)15-7-9-17-16(13-15)8-10-18-19(3,4)11-6-12-20(17,18)5/h7,14,16-18H,6,8-13H2,1-5H3/t16-,17-,18-,20+/m0/s1. The fourth-order valence-electron chi connectivity index (χ4n) is 6.29. The predicted molar refractivity (Wildman–Crippen MR) is 87.6 cm³/mol. The van der Waals surface area contributed by atoms with Crippen LogP contribution in [0, 0.1) is 34.5 Å². The Labute approximate surface area is 126 Å². The van der Waals surface area contributed by atoms with Gasteiger partial charge in [0, 0.05) is 0 Å². The van der Waals surface area contributed by atoms with Crippen molar-refractivity contribution in [1.29, 1.82) is 0 Å². The molecule has 2 saturated carbocycles. The van der Waals surface area contributed by atoms with Gasteiger partial charge in [0.15, 0.2) is 0 Å². The number of fused-ring (bicyclic) bond motifs is 3. The Morgan fingerprint density at radius 3 is 2.55 bits per heavy atom. The molecule has 3 aliphatic rings.